The number of aliphatic hydroxyl groups is 1. The molecule has 2 aromatic rings. The van der Waals surface area contributed by atoms with Gasteiger partial charge in [-0.25, -0.2) is 0 Å². The molecule has 0 aliphatic carbocycles. The topological polar surface area (TPSA) is 60.4 Å². The van der Waals surface area contributed by atoms with Crippen molar-refractivity contribution in [1.29, 1.82) is 0 Å². The Morgan fingerprint density at radius 1 is 1.12 bits per heavy atom. The third-order valence-corrected chi connectivity index (χ3v) is 4.13. The molecular weight excluding hydrogens is 334 g/mol. The molecule has 1 N–H and O–H groups in total. The number of ether oxygens (including phenoxy) is 4. The minimum absolute atomic E-state index is 0.262. The van der Waals surface area contributed by atoms with Crippen LogP contribution in [-0.4, -0.2) is 50.2 Å². The van der Waals surface area contributed by atoms with E-state index in [1.807, 2.05) is 49.5 Å². The molecule has 1 aliphatic rings. The molecule has 0 aromatic heterocycles. The zero-order chi connectivity index (χ0) is 18.4. The number of methoxy groups -OCH3 is 1. The van der Waals surface area contributed by atoms with Crippen molar-refractivity contribution in [2.75, 3.05) is 34.1 Å². The van der Waals surface area contributed by atoms with Crippen molar-refractivity contribution in [1.82, 2.24) is 4.90 Å². The van der Waals surface area contributed by atoms with Gasteiger partial charge in [-0.3, -0.25) is 4.90 Å². The highest BCUT2D eigenvalue weighted by Gasteiger charge is 2.14. The summed E-state index contributed by atoms with van der Waals surface area (Å²) in [6, 6.07) is 13.6. The van der Waals surface area contributed by atoms with E-state index in [0.29, 0.717) is 13.2 Å². The van der Waals surface area contributed by atoms with E-state index < -0.39 is 6.10 Å². The van der Waals surface area contributed by atoms with Gasteiger partial charge in [0.05, 0.1) is 26.4 Å². The summed E-state index contributed by atoms with van der Waals surface area (Å²) in [5.41, 5.74) is 2.13. The van der Waals surface area contributed by atoms with Crippen LogP contribution in [0.1, 0.15) is 11.1 Å². The Bertz CT molecular complexity index is 721. The van der Waals surface area contributed by atoms with E-state index in [-0.39, 0.29) is 13.4 Å². The van der Waals surface area contributed by atoms with Crippen molar-refractivity contribution in [2.24, 2.45) is 0 Å². The van der Waals surface area contributed by atoms with E-state index >= 15 is 0 Å². The SMILES string of the molecule is COc1cccc(CN(C)C[C@H](O)COCc2ccc3c(c2)OCO3)c1. The van der Waals surface area contributed by atoms with Gasteiger partial charge in [0.2, 0.25) is 6.79 Å². The first kappa shape index (κ1) is 18.5. The Labute approximate surface area is 153 Å². The summed E-state index contributed by atoms with van der Waals surface area (Å²) in [5, 5.41) is 10.2. The second kappa shape index (κ2) is 8.89. The van der Waals surface area contributed by atoms with Gasteiger partial charge in [0.25, 0.3) is 0 Å². The van der Waals surface area contributed by atoms with Gasteiger partial charge in [-0.15, -0.1) is 0 Å². The zero-order valence-electron chi connectivity index (χ0n) is 15.2. The summed E-state index contributed by atoms with van der Waals surface area (Å²) in [7, 11) is 3.63. The van der Waals surface area contributed by atoms with Crippen molar-refractivity contribution < 1.29 is 24.1 Å². The molecule has 0 unspecified atom stereocenters. The zero-order valence-corrected chi connectivity index (χ0v) is 15.2. The highest BCUT2D eigenvalue weighted by molar-refractivity contribution is 5.44. The smallest absolute Gasteiger partial charge is 0.231 e. The molecule has 1 heterocycles. The van der Waals surface area contributed by atoms with E-state index in [9.17, 15) is 5.11 Å². The van der Waals surface area contributed by atoms with Gasteiger partial charge in [-0.05, 0) is 42.4 Å². The van der Waals surface area contributed by atoms with Crippen LogP contribution in [0, 0.1) is 0 Å². The van der Waals surface area contributed by atoms with E-state index in [1.165, 1.54) is 0 Å². The lowest BCUT2D eigenvalue weighted by molar-refractivity contribution is 0.0127. The first-order valence-corrected chi connectivity index (χ1v) is 8.60. The highest BCUT2D eigenvalue weighted by atomic mass is 16.7. The lowest BCUT2D eigenvalue weighted by atomic mass is 10.2. The predicted octanol–water partition coefficient (Wildman–Crippen LogP) is 2.43. The molecule has 0 spiro atoms. The quantitative estimate of drug-likeness (QED) is 0.742. The number of nitrogens with zero attached hydrogens (tertiary/aromatic N) is 1. The molecule has 0 amide bonds. The van der Waals surface area contributed by atoms with Crippen LogP contribution >= 0.6 is 0 Å². The number of hydrogen-bond donors (Lipinski definition) is 1. The number of hydrogen-bond acceptors (Lipinski definition) is 6. The number of rotatable bonds is 9. The maximum Gasteiger partial charge on any atom is 0.231 e. The molecule has 3 rings (SSSR count). The average molecular weight is 359 g/mol. The molecule has 0 saturated carbocycles. The molecule has 0 fully saturated rings. The molecule has 0 saturated heterocycles. The number of likely N-dealkylation sites (N-methyl/N-ethyl adjacent to an activating group) is 1. The number of aliphatic hydroxyl groups excluding tert-OH is 1. The normalized spacial score (nSPS) is 13.8. The fourth-order valence-corrected chi connectivity index (χ4v) is 2.90. The van der Waals surface area contributed by atoms with Gasteiger partial charge >= 0.3 is 0 Å². The Balaban J connectivity index is 1.40. The first-order chi connectivity index (χ1) is 12.6. The van der Waals surface area contributed by atoms with Crippen LogP contribution in [0.4, 0.5) is 0 Å². The molecule has 26 heavy (non-hydrogen) atoms. The second-order valence-electron chi connectivity index (χ2n) is 6.40. The first-order valence-electron chi connectivity index (χ1n) is 8.60. The van der Waals surface area contributed by atoms with E-state index in [4.69, 9.17) is 18.9 Å². The molecule has 0 radical (unpaired) electrons. The average Bonchev–Trinajstić information content (AvgIpc) is 3.09. The van der Waals surface area contributed by atoms with Crippen LogP contribution < -0.4 is 14.2 Å². The second-order valence-corrected chi connectivity index (χ2v) is 6.40. The van der Waals surface area contributed by atoms with Crippen LogP contribution in [0.2, 0.25) is 0 Å². The molecule has 6 nitrogen and oxygen atoms in total. The molecule has 6 heteroatoms. The summed E-state index contributed by atoms with van der Waals surface area (Å²) in [6.07, 6.45) is -0.556. The maximum atomic E-state index is 10.2. The summed E-state index contributed by atoms with van der Waals surface area (Å²) in [4.78, 5) is 2.06. The largest absolute Gasteiger partial charge is 0.497 e. The van der Waals surface area contributed by atoms with Crippen LogP contribution in [0.3, 0.4) is 0 Å². The lowest BCUT2D eigenvalue weighted by Gasteiger charge is -2.21. The van der Waals surface area contributed by atoms with Gasteiger partial charge in [-0.1, -0.05) is 18.2 Å². The molecule has 140 valence electrons. The van der Waals surface area contributed by atoms with Crippen molar-refractivity contribution in [3.8, 4) is 17.2 Å². The lowest BCUT2D eigenvalue weighted by Crippen LogP contribution is -2.31. The minimum Gasteiger partial charge on any atom is -0.497 e. The Morgan fingerprint density at radius 2 is 1.96 bits per heavy atom. The van der Waals surface area contributed by atoms with Crippen LogP contribution in [0.5, 0.6) is 17.2 Å². The molecular formula is C20H25NO5. The van der Waals surface area contributed by atoms with Crippen LogP contribution in [0.25, 0.3) is 0 Å². The van der Waals surface area contributed by atoms with Gasteiger partial charge < -0.3 is 24.1 Å². The van der Waals surface area contributed by atoms with Crippen molar-refractivity contribution >= 4 is 0 Å². The summed E-state index contributed by atoms with van der Waals surface area (Å²) < 4.78 is 21.5. The third-order valence-electron chi connectivity index (χ3n) is 4.13. The van der Waals surface area contributed by atoms with Crippen LogP contribution in [-0.2, 0) is 17.9 Å². The molecule has 0 bridgehead atoms. The Morgan fingerprint density at radius 3 is 2.81 bits per heavy atom. The van der Waals surface area contributed by atoms with E-state index in [0.717, 1.165) is 34.9 Å². The van der Waals surface area contributed by atoms with E-state index in [1.54, 1.807) is 7.11 Å². The third kappa shape index (κ3) is 5.11. The van der Waals surface area contributed by atoms with Gasteiger partial charge in [-0.2, -0.15) is 0 Å². The van der Waals surface area contributed by atoms with Gasteiger partial charge in [0.1, 0.15) is 5.75 Å². The Hall–Kier alpha value is -2.28. The monoisotopic (exact) mass is 359 g/mol. The highest BCUT2D eigenvalue weighted by Crippen LogP contribution is 2.32. The molecule has 1 atom stereocenters. The predicted molar refractivity (Wildman–Crippen MR) is 97.6 cm³/mol. The summed E-state index contributed by atoms with van der Waals surface area (Å²) in [5.74, 6) is 2.33. The van der Waals surface area contributed by atoms with Crippen molar-refractivity contribution in [3.63, 3.8) is 0 Å². The molecule has 2 aromatic carbocycles. The van der Waals surface area contributed by atoms with Gasteiger partial charge in [0.15, 0.2) is 11.5 Å². The standard InChI is InChI=1S/C20H25NO5/c1-21(10-15-4-3-5-18(8-15)23-2)11-17(22)13-24-12-16-6-7-19-20(9-16)26-14-25-19/h3-9,17,22H,10-14H2,1-2H3/t17-/m0/s1. The summed E-state index contributed by atoms with van der Waals surface area (Å²) >= 11 is 0. The van der Waals surface area contributed by atoms with Crippen molar-refractivity contribution in [3.05, 3.63) is 53.6 Å². The van der Waals surface area contributed by atoms with Crippen molar-refractivity contribution in [2.45, 2.75) is 19.3 Å². The maximum absolute atomic E-state index is 10.2. The number of fused-ring (bicyclic) bond motifs is 1. The van der Waals surface area contributed by atoms with Crippen LogP contribution in [0.15, 0.2) is 42.5 Å². The van der Waals surface area contributed by atoms with E-state index in [2.05, 4.69) is 4.90 Å². The fraction of sp³-hybridized carbons (Fsp3) is 0.400. The number of benzene rings is 2. The fourth-order valence-electron chi connectivity index (χ4n) is 2.90. The summed E-state index contributed by atoms with van der Waals surface area (Å²) in [6.45, 7) is 2.22. The van der Waals surface area contributed by atoms with Gasteiger partial charge in [0, 0.05) is 13.1 Å². The minimum atomic E-state index is -0.556. The molecule has 1 aliphatic heterocycles. The Kier molecular flexibility index (Phi) is 6.33.